The highest BCUT2D eigenvalue weighted by Crippen LogP contribution is 2.11. The normalized spacial score (nSPS) is 22.5. The quantitative estimate of drug-likeness (QED) is 0.714. The summed E-state index contributed by atoms with van der Waals surface area (Å²) in [4.78, 5) is 13.1. The third-order valence-corrected chi connectivity index (χ3v) is 2.73. The first-order chi connectivity index (χ1) is 7.09. The van der Waals surface area contributed by atoms with Crippen LogP contribution in [0, 0.1) is 0 Å². The van der Waals surface area contributed by atoms with Crippen molar-refractivity contribution in [2.24, 2.45) is 0 Å². The summed E-state index contributed by atoms with van der Waals surface area (Å²) in [5.41, 5.74) is 0. The Kier molecular flexibility index (Phi) is 4.82. The van der Waals surface area contributed by atoms with E-state index in [2.05, 4.69) is 24.4 Å². The molecule has 3 nitrogen and oxygen atoms in total. The number of amides is 1. The minimum atomic E-state index is 0.190. The van der Waals surface area contributed by atoms with Gasteiger partial charge in [-0.3, -0.25) is 4.79 Å². The fraction of sp³-hybridized carbons (Fsp3) is 0.750. The number of allylic oxidation sites excluding steroid dienone is 1. The summed E-state index contributed by atoms with van der Waals surface area (Å²) in [7, 11) is 3.60. The lowest BCUT2D eigenvalue weighted by atomic mass is 10.0. The maximum atomic E-state index is 11.5. The molecule has 2 unspecified atom stereocenters. The van der Waals surface area contributed by atoms with Crippen molar-refractivity contribution in [2.45, 2.75) is 44.7 Å². The molecular weight excluding hydrogens is 188 g/mol. The van der Waals surface area contributed by atoms with Gasteiger partial charge in [-0.1, -0.05) is 12.2 Å². The third kappa shape index (κ3) is 4.47. The summed E-state index contributed by atoms with van der Waals surface area (Å²) in [6.45, 7) is 2.07. The molecule has 0 aromatic rings. The Morgan fingerprint density at radius 2 is 2.33 bits per heavy atom. The van der Waals surface area contributed by atoms with Crippen molar-refractivity contribution in [2.75, 3.05) is 14.1 Å². The molecule has 0 aromatic carbocycles. The monoisotopic (exact) mass is 210 g/mol. The molecule has 1 amide bonds. The Balaban J connectivity index is 2.28. The van der Waals surface area contributed by atoms with E-state index in [0.717, 1.165) is 0 Å². The van der Waals surface area contributed by atoms with Gasteiger partial charge in [0.25, 0.3) is 0 Å². The van der Waals surface area contributed by atoms with Crippen LogP contribution in [0.4, 0.5) is 0 Å². The van der Waals surface area contributed by atoms with Gasteiger partial charge < -0.3 is 10.2 Å². The molecule has 1 aliphatic carbocycles. The van der Waals surface area contributed by atoms with Gasteiger partial charge in [0.1, 0.15) is 0 Å². The molecule has 1 N–H and O–H groups in total. The van der Waals surface area contributed by atoms with Gasteiger partial charge in [0.05, 0.1) is 0 Å². The summed E-state index contributed by atoms with van der Waals surface area (Å²) < 4.78 is 0. The van der Waals surface area contributed by atoms with Crippen molar-refractivity contribution >= 4 is 5.91 Å². The van der Waals surface area contributed by atoms with Gasteiger partial charge >= 0.3 is 0 Å². The molecule has 1 rings (SSSR count). The number of carbonyl (C=O) groups excluding carboxylic acids is 1. The van der Waals surface area contributed by atoms with Crippen LogP contribution in [0.3, 0.4) is 0 Å². The molecule has 0 fully saturated rings. The molecule has 2 atom stereocenters. The van der Waals surface area contributed by atoms with Crippen LogP contribution in [-0.4, -0.2) is 37.0 Å². The van der Waals surface area contributed by atoms with Gasteiger partial charge in [-0.05, 0) is 26.2 Å². The van der Waals surface area contributed by atoms with E-state index in [4.69, 9.17) is 0 Å². The molecule has 0 aliphatic heterocycles. The number of hydrogen-bond donors (Lipinski definition) is 1. The summed E-state index contributed by atoms with van der Waals surface area (Å²) in [6, 6.07) is 0.719. The van der Waals surface area contributed by atoms with E-state index in [1.54, 1.807) is 19.0 Å². The van der Waals surface area contributed by atoms with Gasteiger partial charge in [0.15, 0.2) is 0 Å². The molecule has 3 heteroatoms. The highest BCUT2D eigenvalue weighted by Gasteiger charge is 2.14. The van der Waals surface area contributed by atoms with Gasteiger partial charge in [-0.15, -0.1) is 0 Å². The lowest BCUT2D eigenvalue weighted by Crippen LogP contribution is -2.39. The fourth-order valence-electron chi connectivity index (χ4n) is 1.82. The lowest BCUT2D eigenvalue weighted by molar-refractivity contribution is -0.129. The van der Waals surface area contributed by atoms with E-state index in [1.807, 2.05) is 0 Å². The van der Waals surface area contributed by atoms with Crippen molar-refractivity contribution in [1.29, 1.82) is 0 Å². The van der Waals surface area contributed by atoms with Crippen LogP contribution in [-0.2, 0) is 4.79 Å². The number of hydrogen-bond acceptors (Lipinski definition) is 2. The highest BCUT2D eigenvalue weighted by atomic mass is 16.2. The number of rotatable bonds is 4. The van der Waals surface area contributed by atoms with Crippen LogP contribution >= 0.6 is 0 Å². The molecular formula is C12H22N2O. The number of nitrogens with one attached hydrogen (secondary N) is 1. The zero-order chi connectivity index (χ0) is 11.3. The van der Waals surface area contributed by atoms with E-state index >= 15 is 0 Å². The average molecular weight is 210 g/mol. The first kappa shape index (κ1) is 12.2. The van der Waals surface area contributed by atoms with Crippen LogP contribution in [0.15, 0.2) is 12.2 Å². The molecule has 15 heavy (non-hydrogen) atoms. The first-order valence-corrected chi connectivity index (χ1v) is 5.72. The standard InChI is InChI=1S/C12H22N2O/c1-10(9-12(15)14(2)3)13-11-7-5-4-6-8-11/h5,7,10-11,13H,4,6,8-9H2,1-3H3. The van der Waals surface area contributed by atoms with E-state index in [-0.39, 0.29) is 11.9 Å². The second kappa shape index (κ2) is 5.91. The van der Waals surface area contributed by atoms with E-state index in [9.17, 15) is 4.79 Å². The second-order valence-corrected chi connectivity index (χ2v) is 4.53. The Morgan fingerprint density at radius 1 is 1.60 bits per heavy atom. The predicted octanol–water partition coefficient (Wildman–Crippen LogP) is 1.55. The Bertz CT molecular complexity index is 236. The Morgan fingerprint density at radius 3 is 2.87 bits per heavy atom. The fourth-order valence-corrected chi connectivity index (χ4v) is 1.82. The van der Waals surface area contributed by atoms with E-state index < -0.39 is 0 Å². The van der Waals surface area contributed by atoms with Crippen LogP contribution in [0.25, 0.3) is 0 Å². The molecule has 0 aromatic heterocycles. The van der Waals surface area contributed by atoms with Crippen molar-refractivity contribution in [3.63, 3.8) is 0 Å². The molecule has 0 spiro atoms. The van der Waals surface area contributed by atoms with Gasteiger partial charge in [-0.2, -0.15) is 0 Å². The topological polar surface area (TPSA) is 32.3 Å². The second-order valence-electron chi connectivity index (χ2n) is 4.53. The molecule has 0 heterocycles. The lowest BCUT2D eigenvalue weighted by Gasteiger charge is -2.23. The summed E-state index contributed by atoms with van der Waals surface area (Å²) in [5, 5.41) is 3.47. The molecule has 0 saturated carbocycles. The maximum Gasteiger partial charge on any atom is 0.223 e. The van der Waals surface area contributed by atoms with Crippen LogP contribution in [0.5, 0.6) is 0 Å². The SMILES string of the molecule is CC(CC(=O)N(C)C)NC1C=CCCC1. The number of carbonyl (C=O) groups is 1. The predicted molar refractivity (Wildman–Crippen MR) is 62.7 cm³/mol. The zero-order valence-electron chi connectivity index (χ0n) is 9.99. The average Bonchev–Trinajstić information content (AvgIpc) is 2.18. The molecule has 1 aliphatic rings. The smallest absolute Gasteiger partial charge is 0.223 e. The van der Waals surface area contributed by atoms with Gasteiger partial charge in [0.2, 0.25) is 5.91 Å². The summed E-state index contributed by atoms with van der Waals surface area (Å²) in [5.74, 6) is 0.190. The molecule has 0 bridgehead atoms. The van der Waals surface area contributed by atoms with E-state index in [0.29, 0.717) is 12.5 Å². The van der Waals surface area contributed by atoms with Crippen LogP contribution < -0.4 is 5.32 Å². The third-order valence-electron chi connectivity index (χ3n) is 2.73. The van der Waals surface area contributed by atoms with Crippen molar-refractivity contribution < 1.29 is 4.79 Å². The maximum absolute atomic E-state index is 11.5. The van der Waals surface area contributed by atoms with Crippen molar-refractivity contribution in [3.05, 3.63) is 12.2 Å². The zero-order valence-corrected chi connectivity index (χ0v) is 9.99. The largest absolute Gasteiger partial charge is 0.349 e. The highest BCUT2D eigenvalue weighted by molar-refractivity contribution is 5.76. The Hall–Kier alpha value is -0.830. The first-order valence-electron chi connectivity index (χ1n) is 5.72. The van der Waals surface area contributed by atoms with E-state index in [1.165, 1.54) is 19.3 Å². The van der Waals surface area contributed by atoms with Crippen molar-refractivity contribution in [3.8, 4) is 0 Å². The molecule has 0 radical (unpaired) electrons. The van der Waals surface area contributed by atoms with Crippen LogP contribution in [0.1, 0.15) is 32.6 Å². The summed E-state index contributed by atoms with van der Waals surface area (Å²) >= 11 is 0. The summed E-state index contributed by atoms with van der Waals surface area (Å²) in [6.07, 6.45) is 8.67. The molecule has 0 saturated heterocycles. The minimum absolute atomic E-state index is 0.190. The van der Waals surface area contributed by atoms with Crippen molar-refractivity contribution in [1.82, 2.24) is 10.2 Å². The number of nitrogens with zero attached hydrogens (tertiary/aromatic N) is 1. The van der Waals surface area contributed by atoms with Gasteiger partial charge in [0, 0.05) is 32.6 Å². The van der Waals surface area contributed by atoms with Gasteiger partial charge in [-0.25, -0.2) is 0 Å². The molecule has 86 valence electrons. The minimum Gasteiger partial charge on any atom is -0.349 e. The Labute approximate surface area is 92.5 Å². The van der Waals surface area contributed by atoms with Crippen LogP contribution in [0.2, 0.25) is 0 Å².